The second kappa shape index (κ2) is 12.1. The van der Waals surface area contributed by atoms with Crippen LogP contribution in [-0.2, 0) is 11.2 Å². The predicted octanol–water partition coefficient (Wildman–Crippen LogP) is 4.41. The third kappa shape index (κ3) is 6.50. The number of amides is 2. The van der Waals surface area contributed by atoms with Gasteiger partial charge in [-0.05, 0) is 62.1 Å². The second-order valence-electron chi connectivity index (χ2n) is 8.14. The maximum absolute atomic E-state index is 12.6. The Labute approximate surface area is 200 Å². The lowest BCUT2D eigenvalue weighted by atomic mass is 10.0. The molecule has 8 heteroatoms. The van der Waals surface area contributed by atoms with Gasteiger partial charge in [-0.25, -0.2) is 4.79 Å². The molecule has 0 spiro atoms. The Balaban J connectivity index is 1.43. The van der Waals surface area contributed by atoms with E-state index in [1.165, 1.54) is 4.90 Å². The number of anilines is 1. The molecule has 2 amide bonds. The molecule has 0 fully saturated rings. The zero-order chi connectivity index (χ0) is 24.5. The van der Waals surface area contributed by atoms with E-state index in [1.807, 2.05) is 37.3 Å². The Hall–Kier alpha value is -3.55. The molecule has 0 bridgehead atoms. The van der Waals surface area contributed by atoms with Crippen molar-refractivity contribution < 1.29 is 29.0 Å². The van der Waals surface area contributed by atoms with Crippen LogP contribution in [-0.4, -0.2) is 60.6 Å². The van der Waals surface area contributed by atoms with Gasteiger partial charge in [0, 0.05) is 37.7 Å². The molecule has 3 rings (SSSR count). The average Bonchev–Trinajstić information content (AvgIpc) is 3.25. The Morgan fingerprint density at radius 3 is 2.44 bits per heavy atom. The summed E-state index contributed by atoms with van der Waals surface area (Å²) in [7, 11) is 0. The van der Waals surface area contributed by atoms with Gasteiger partial charge in [0.05, 0.1) is 13.2 Å². The maximum Gasteiger partial charge on any atom is 0.407 e. The van der Waals surface area contributed by atoms with Crippen LogP contribution in [0.3, 0.4) is 0 Å². The topological polar surface area (TPSA) is 96.4 Å². The molecule has 0 saturated heterocycles. The van der Waals surface area contributed by atoms with Crippen LogP contribution in [0, 0.1) is 0 Å². The summed E-state index contributed by atoms with van der Waals surface area (Å²) in [5.41, 5.74) is 2.54. The standard InChI is InChI=1S/C26H32N2O6/c1-3-33-24-9-4-5-10-25(24)34-17-16-27(26(31)32)14-7-6-8-23(30)21-11-12-22-20(18-21)13-15-28(22)19(2)29/h4-5,9-12,18H,3,6-8,13-17H2,1-2H3,(H,31,32). The van der Waals surface area contributed by atoms with Gasteiger partial charge in [0.2, 0.25) is 5.91 Å². The number of Topliss-reactive ketones (excluding diaryl/α,β-unsaturated/α-hetero) is 1. The van der Waals surface area contributed by atoms with Gasteiger partial charge in [0.25, 0.3) is 0 Å². The monoisotopic (exact) mass is 468 g/mol. The number of hydrogen-bond acceptors (Lipinski definition) is 5. The van der Waals surface area contributed by atoms with Crippen LogP contribution in [0.1, 0.15) is 49.0 Å². The SMILES string of the molecule is CCOc1ccccc1OCCN(CCCCC(=O)c1ccc2c(c1)CCN2C(C)=O)C(=O)O. The number of carboxylic acid groups (broad SMARTS) is 1. The van der Waals surface area contributed by atoms with Crippen molar-refractivity contribution in [2.75, 3.05) is 37.7 Å². The summed E-state index contributed by atoms with van der Waals surface area (Å²) in [5, 5.41) is 9.50. The minimum absolute atomic E-state index is 0.00436. The molecule has 0 saturated carbocycles. The van der Waals surface area contributed by atoms with Gasteiger partial charge in [-0.1, -0.05) is 12.1 Å². The molecule has 2 aromatic carbocycles. The van der Waals surface area contributed by atoms with E-state index >= 15 is 0 Å². The van der Waals surface area contributed by atoms with E-state index in [-0.39, 0.29) is 24.8 Å². The quantitative estimate of drug-likeness (QED) is 0.366. The summed E-state index contributed by atoms with van der Waals surface area (Å²) < 4.78 is 11.2. The number of ketones is 1. The molecule has 0 aliphatic carbocycles. The normalized spacial score (nSPS) is 12.2. The fraction of sp³-hybridized carbons (Fsp3) is 0.423. The fourth-order valence-corrected chi connectivity index (χ4v) is 4.05. The van der Waals surface area contributed by atoms with E-state index in [4.69, 9.17) is 9.47 Å². The van der Waals surface area contributed by atoms with E-state index in [2.05, 4.69) is 0 Å². The molecular weight excluding hydrogens is 436 g/mol. The van der Waals surface area contributed by atoms with Crippen LogP contribution in [0.25, 0.3) is 0 Å². The minimum atomic E-state index is -1.01. The van der Waals surface area contributed by atoms with Gasteiger partial charge < -0.3 is 24.4 Å². The summed E-state index contributed by atoms with van der Waals surface area (Å²) in [5.74, 6) is 1.25. The molecular formula is C26H32N2O6. The number of carbonyl (C=O) groups is 3. The molecule has 1 heterocycles. The summed E-state index contributed by atoms with van der Waals surface area (Å²) in [4.78, 5) is 38.9. The van der Waals surface area contributed by atoms with E-state index < -0.39 is 6.09 Å². The number of benzene rings is 2. The zero-order valence-corrected chi connectivity index (χ0v) is 19.8. The number of nitrogens with zero attached hydrogens (tertiary/aromatic N) is 2. The first-order chi connectivity index (χ1) is 16.4. The molecule has 0 aromatic heterocycles. The van der Waals surface area contributed by atoms with E-state index in [0.717, 1.165) is 17.7 Å². The molecule has 0 unspecified atom stereocenters. The van der Waals surface area contributed by atoms with Crippen molar-refractivity contribution >= 4 is 23.5 Å². The lowest BCUT2D eigenvalue weighted by molar-refractivity contribution is -0.116. The van der Waals surface area contributed by atoms with Gasteiger partial charge in [-0.15, -0.1) is 0 Å². The van der Waals surface area contributed by atoms with Gasteiger partial charge in [0.1, 0.15) is 6.61 Å². The van der Waals surface area contributed by atoms with Crippen LogP contribution < -0.4 is 14.4 Å². The number of para-hydroxylation sites is 2. The highest BCUT2D eigenvalue weighted by atomic mass is 16.5. The lowest BCUT2D eigenvalue weighted by Crippen LogP contribution is -2.34. The van der Waals surface area contributed by atoms with Crippen LogP contribution >= 0.6 is 0 Å². The van der Waals surface area contributed by atoms with Crippen LogP contribution in [0.15, 0.2) is 42.5 Å². The number of rotatable bonds is 12. The number of carbonyl (C=O) groups excluding carboxylic acids is 2. The van der Waals surface area contributed by atoms with E-state index in [0.29, 0.717) is 56.0 Å². The first kappa shape index (κ1) is 25.1. The minimum Gasteiger partial charge on any atom is -0.490 e. The van der Waals surface area contributed by atoms with Crippen molar-refractivity contribution in [1.29, 1.82) is 0 Å². The summed E-state index contributed by atoms with van der Waals surface area (Å²) in [6.45, 7) is 5.36. The van der Waals surface area contributed by atoms with Gasteiger partial charge in [-0.3, -0.25) is 9.59 Å². The number of ether oxygens (including phenoxy) is 2. The van der Waals surface area contributed by atoms with E-state index in [9.17, 15) is 19.5 Å². The molecule has 34 heavy (non-hydrogen) atoms. The smallest absolute Gasteiger partial charge is 0.407 e. The molecule has 0 atom stereocenters. The molecule has 2 aromatic rings. The van der Waals surface area contributed by atoms with Crippen molar-refractivity contribution in [2.45, 2.75) is 39.5 Å². The van der Waals surface area contributed by atoms with E-state index in [1.54, 1.807) is 24.0 Å². The first-order valence-electron chi connectivity index (χ1n) is 11.7. The van der Waals surface area contributed by atoms with Gasteiger partial charge in [-0.2, -0.15) is 0 Å². The molecule has 0 radical (unpaired) electrons. The zero-order valence-electron chi connectivity index (χ0n) is 19.8. The van der Waals surface area contributed by atoms with Crippen LogP contribution in [0.2, 0.25) is 0 Å². The van der Waals surface area contributed by atoms with Crippen molar-refractivity contribution in [2.24, 2.45) is 0 Å². The molecule has 8 nitrogen and oxygen atoms in total. The number of hydrogen-bond donors (Lipinski definition) is 1. The fourth-order valence-electron chi connectivity index (χ4n) is 4.05. The highest BCUT2D eigenvalue weighted by Crippen LogP contribution is 2.29. The third-order valence-corrected chi connectivity index (χ3v) is 5.80. The van der Waals surface area contributed by atoms with Crippen molar-refractivity contribution in [3.05, 3.63) is 53.6 Å². The summed E-state index contributed by atoms with van der Waals surface area (Å²) in [6.07, 6.45) is 1.26. The largest absolute Gasteiger partial charge is 0.490 e. The highest BCUT2D eigenvalue weighted by molar-refractivity contribution is 5.98. The summed E-state index contributed by atoms with van der Waals surface area (Å²) in [6, 6.07) is 12.8. The summed E-state index contributed by atoms with van der Waals surface area (Å²) >= 11 is 0. The van der Waals surface area contributed by atoms with Crippen molar-refractivity contribution in [1.82, 2.24) is 4.90 Å². The second-order valence-corrected chi connectivity index (χ2v) is 8.14. The van der Waals surface area contributed by atoms with Crippen LogP contribution in [0.5, 0.6) is 11.5 Å². The molecule has 1 N–H and O–H groups in total. The number of unbranched alkanes of at least 4 members (excludes halogenated alkanes) is 1. The molecule has 1 aliphatic heterocycles. The molecule has 1 aliphatic rings. The lowest BCUT2D eigenvalue weighted by Gasteiger charge is -2.20. The van der Waals surface area contributed by atoms with Crippen LogP contribution in [0.4, 0.5) is 10.5 Å². The van der Waals surface area contributed by atoms with Crippen molar-refractivity contribution in [3.8, 4) is 11.5 Å². The van der Waals surface area contributed by atoms with Gasteiger partial charge >= 0.3 is 6.09 Å². The maximum atomic E-state index is 12.6. The van der Waals surface area contributed by atoms with Gasteiger partial charge in [0.15, 0.2) is 17.3 Å². The highest BCUT2D eigenvalue weighted by Gasteiger charge is 2.23. The Morgan fingerprint density at radius 1 is 1.03 bits per heavy atom. The number of fused-ring (bicyclic) bond motifs is 1. The van der Waals surface area contributed by atoms with Crippen molar-refractivity contribution in [3.63, 3.8) is 0 Å². The third-order valence-electron chi connectivity index (χ3n) is 5.80. The Morgan fingerprint density at radius 2 is 1.76 bits per heavy atom. The first-order valence-corrected chi connectivity index (χ1v) is 11.7. The Kier molecular flexibility index (Phi) is 8.90. The average molecular weight is 469 g/mol. The predicted molar refractivity (Wildman–Crippen MR) is 129 cm³/mol. The Bertz CT molecular complexity index is 1020. The molecule has 182 valence electrons.